The van der Waals surface area contributed by atoms with E-state index in [9.17, 15) is 0 Å². The maximum atomic E-state index is 6.00. The van der Waals surface area contributed by atoms with Gasteiger partial charge in [-0.2, -0.15) is 0 Å². The third-order valence-corrected chi connectivity index (χ3v) is 3.69. The van der Waals surface area contributed by atoms with Gasteiger partial charge >= 0.3 is 0 Å². The Morgan fingerprint density at radius 2 is 2.10 bits per heavy atom. The minimum absolute atomic E-state index is 0.392. The van der Waals surface area contributed by atoms with Crippen molar-refractivity contribution < 1.29 is 9.47 Å². The van der Waals surface area contributed by atoms with Crippen LogP contribution in [0.5, 0.6) is 5.75 Å². The minimum Gasteiger partial charge on any atom is -0.497 e. The lowest BCUT2D eigenvalue weighted by Gasteiger charge is -2.10. The van der Waals surface area contributed by atoms with Gasteiger partial charge in [-0.05, 0) is 24.5 Å². The van der Waals surface area contributed by atoms with Crippen LogP contribution in [0.4, 0.5) is 0 Å². The van der Waals surface area contributed by atoms with Crippen LogP contribution in [0.25, 0.3) is 11.0 Å². The molecular formula is C16H23ClN2O2. The molecule has 0 atom stereocenters. The van der Waals surface area contributed by atoms with E-state index in [-0.39, 0.29) is 0 Å². The van der Waals surface area contributed by atoms with Crippen molar-refractivity contribution in [2.75, 3.05) is 20.3 Å². The first-order valence-corrected chi connectivity index (χ1v) is 7.86. The zero-order valence-corrected chi connectivity index (χ0v) is 13.7. The Balaban J connectivity index is 2.09. The lowest BCUT2D eigenvalue weighted by Crippen LogP contribution is -2.10. The lowest BCUT2D eigenvalue weighted by molar-refractivity contribution is 0.116. The van der Waals surface area contributed by atoms with Crippen molar-refractivity contribution in [3.8, 4) is 5.75 Å². The monoisotopic (exact) mass is 310 g/mol. The molecule has 116 valence electrons. The van der Waals surface area contributed by atoms with Gasteiger partial charge in [0, 0.05) is 19.2 Å². The molecule has 0 aliphatic rings. The second kappa shape index (κ2) is 7.66. The Bertz CT molecular complexity index is 581. The molecule has 0 spiro atoms. The number of nitrogens with zero attached hydrogens (tertiary/aromatic N) is 2. The average molecular weight is 311 g/mol. The van der Waals surface area contributed by atoms with Crippen molar-refractivity contribution in [3.63, 3.8) is 0 Å². The highest BCUT2D eigenvalue weighted by molar-refractivity contribution is 6.16. The summed E-state index contributed by atoms with van der Waals surface area (Å²) in [7, 11) is 1.67. The van der Waals surface area contributed by atoms with E-state index in [0.29, 0.717) is 18.4 Å². The highest BCUT2D eigenvalue weighted by atomic mass is 35.5. The fourth-order valence-corrected chi connectivity index (χ4v) is 2.41. The van der Waals surface area contributed by atoms with Gasteiger partial charge in [0.1, 0.15) is 11.6 Å². The highest BCUT2D eigenvalue weighted by Crippen LogP contribution is 2.22. The summed E-state index contributed by atoms with van der Waals surface area (Å²) in [5.74, 6) is 2.75. The number of halogens is 1. The van der Waals surface area contributed by atoms with Crippen molar-refractivity contribution in [2.24, 2.45) is 5.92 Å². The molecule has 2 aromatic rings. The van der Waals surface area contributed by atoms with Crippen LogP contribution in [0.2, 0.25) is 0 Å². The summed E-state index contributed by atoms with van der Waals surface area (Å²) in [5.41, 5.74) is 1.98. The second-order valence-corrected chi connectivity index (χ2v) is 5.73. The minimum atomic E-state index is 0.392. The Kier molecular flexibility index (Phi) is 5.88. The summed E-state index contributed by atoms with van der Waals surface area (Å²) in [6, 6.07) is 5.86. The smallest absolute Gasteiger partial charge is 0.124 e. The van der Waals surface area contributed by atoms with Crippen LogP contribution in [0, 0.1) is 5.92 Å². The van der Waals surface area contributed by atoms with E-state index in [0.717, 1.165) is 42.2 Å². The van der Waals surface area contributed by atoms with E-state index in [2.05, 4.69) is 23.4 Å². The number of methoxy groups -OCH3 is 1. The fourth-order valence-electron chi connectivity index (χ4n) is 2.21. The standard InChI is InChI=1S/C16H23ClN2O2/c1-12(2)6-8-21-9-7-19-15-10-13(20-3)4-5-14(15)18-16(19)11-17/h4-5,10,12H,6-9,11H2,1-3H3. The number of hydrogen-bond donors (Lipinski definition) is 0. The summed E-state index contributed by atoms with van der Waals surface area (Å²) >= 11 is 6.00. The molecule has 0 aliphatic carbocycles. The summed E-state index contributed by atoms with van der Waals surface area (Å²) in [5, 5.41) is 0. The largest absolute Gasteiger partial charge is 0.497 e. The number of fused-ring (bicyclic) bond motifs is 1. The molecule has 1 aromatic heterocycles. The van der Waals surface area contributed by atoms with E-state index in [1.165, 1.54) is 0 Å². The zero-order valence-electron chi connectivity index (χ0n) is 12.9. The third kappa shape index (κ3) is 4.11. The van der Waals surface area contributed by atoms with Gasteiger partial charge in [-0.25, -0.2) is 4.98 Å². The number of benzene rings is 1. The molecule has 0 saturated heterocycles. The van der Waals surface area contributed by atoms with Gasteiger partial charge < -0.3 is 14.0 Å². The quantitative estimate of drug-likeness (QED) is 0.549. The van der Waals surface area contributed by atoms with Crippen molar-refractivity contribution >= 4 is 22.6 Å². The van der Waals surface area contributed by atoms with Crippen molar-refractivity contribution in [2.45, 2.75) is 32.7 Å². The number of aromatic nitrogens is 2. The van der Waals surface area contributed by atoms with Crippen molar-refractivity contribution in [1.29, 1.82) is 0 Å². The first kappa shape index (κ1) is 16.1. The normalized spacial score (nSPS) is 11.5. The van der Waals surface area contributed by atoms with E-state index < -0.39 is 0 Å². The first-order chi connectivity index (χ1) is 10.2. The molecule has 0 N–H and O–H groups in total. The summed E-state index contributed by atoms with van der Waals surface area (Å²) in [6.45, 7) is 6.61. The SMILES string of the molecule is COc1ccc2nc(CCl)n(CCOCCC(C)C)c2c1. The Labute approximate surface area is 131 Å². The molecule has 0 fully saturated rings. The van der Waals surface area contributed by atoms with Gasteiger partial charge in [0.15, 0.2) is 0 Å². The van der Waals surface area contributed by atoms with Gasteiger partial charge in [0.25, 0.3) is 0 Å². The average Bonchev–Trinajstić information content (AvgIpc) is 2.83. The summed E-state index contributed by atoms with van der Waals surface area (Å²) in [6.07, 6.45) is 1.08. The molecule has 4 nitrogen and oxygen atoms in total. The molecule has 21 heavy (non-hydrogen) atoms. The van der Waals surface area contributed by atoms with Gasteiger partial charge in [-0.3, -0.25) is 0 Å². The zero-order chi connectivity index (χ0) is 15.2. The number of alkyl halides is 1. The summed E-state index contributed by atoms with van der Waals surface area (Å²) < 4.78 is 13.1. The van der Waals surface area contributed by atoms with Crippen LogP contribution in [0.1, 0.15) is 26.1 Å². The van der Waals surface area contributed by atoms with Gasteiger partial charge in [-0.15, -0.1) is 11.6 Å². The van der Waals surface area contributed by atoms with Gasteiger partial charge in [0.05, 0.1) is 30.6 Å². The maximum absolute atomic E-state index is 6.00. The molecule has 0 unspecified atom stereocenters. The summed E-state index contributed by atoms with van der Waals surface area (Å²) in [4.78, 5) is 4.55. The molecule has 5 heteroatoms. The van der Waals surface area contributed by atoms with Crippen LogP contribution < -0.4 is 4.74 Å². The van der Waals surface area contributed by atoms with Crippen LogP contribution in [-0.2, 0) is 17.2 Å². The van der Waals surface area contributed by atoms with Crippen molar-refractivity contribution in [1.82, 2.24) is 9.55 Å². The Hall–Kier alpha value is -1.26. The predicted octanol–water partition coefficient (Wildman–Crippen LogP) is 3.85. The van der Waals surface area contributed by atoms with Crippen LogP contribution in [0.3, 0.4) is 0 Å². The number of hydrogen-bond acceptors (Lipinski definition) is 3. The van der Waals surface area contributed by atoms with Gasteiger partial charge in [0.2, 0.25) is 0 Å². The fraction of sp³-hybridized carbons (Fsp3) is 0.562. The van der Waals surface area contributed by atoms with E-state index in [4.69, 9.17) is 21.1 Å². The number of rotatable bonds is 8. The lowest BCUT2D eigenvalue weighted by atomic mass is 10.1. The first-order valence-electron chi connectivity index (χ1n) is 7.32. The second-order valence-electron chi connectivity index (χ2n) is 5.46. The number of imidazole rings is 1. The van der Waals surface area contributed by atoms with E-state index in [1.807, 2.05) is 18.2 Å². The van der Waals surface area contributed by atoms with Crippen LogP contribution >= 0.6 is 11.6 Å². The van der Waals surface area contributed by atoms with E-state index in [1.54, 1.807) is 7.11 Å². The number of ether oxygens (including phenoxy) is 2. The molecule has 0 amide bonds. The molecule has 0 aliphatic heterocycles. The maximum Gasteiger partial charge on any atom is 0.124 e. The molecule has 0 bridgehead atoms. The molecule has 1 heterocycles. The molecule has 0 saturated carbocycles. The van der Waals surface area contributed by atoms with Crippen LogP contribution in [0.15, 0.2) is 18.2 Å². The highest BCUT2D eigenvalue weighted by Gasteiger charge is 2.10. The molecular weight excluding hydrogens is 288 g/mol. The Morgan fingerprint density at radius 1 is 1.29 bits per heavy atom. The van der Waals surface area contributed by atoms with E-state index >= 15 is 0 Å². The van der Waals surface area contributed by atoms with Gasteiger partial charge in [-0.1, -0.05) is 13.8 Å². The molecule has 0 radical (unpaired) electrons. The third-order valence-electron chi connectivity index (χ3n) is 3.45. The van der Waals surface area contributed by atoms with Crippen LogP contribution in [-0.4, -0.2) is 29.9 Å². The predicted molar refractivity (Wildman–Crippen MR) is 86.1 cm³/mol. The molecule has 2 rings (SSSR count). The molecule has 1 aromatic carbocycles. The topological polar surface area (TPSA) is 36.3 Å². The van der Waals surface area contributed by atoms with Crippen molar-refractivity contribution in [3.05, 3.63) is 24.0 Å². The Morgan fingerprint density at radius 3 is 2.76 bits per heavy atom.